The zero-order valence-electron chi connectivity index (χ0n) is 10.6. The fourth-order valence-electron chi connectivity index (χ4n) is 2.16. The Bertz CT molecular complexity index is 572. The summed E-state index contributed by atoms with van der Waals surface area (Å²) >= 11 is 0. The van der Waals surface area contributed by atoms with Gasteiger partial charge >= 0.3 is 0 Å². The number of benzene rings is 1. The maximum atomic E-state index is 12.4. The number of Topliss-reactive ketones (excluding diaryl/α,β-unsaturated/α-hetero) is 1. The van der Waals surface area contributed by atoms with E-state index in [0.717, 1.165) is 12.8 Å². The molecule has 1 aromatic rings. The van der Waals surface area contributed by atoms with Gasteiger partial charge in [-0.05, 0) is 38.3 Å². The zero-order valence-corrected chi connectivity index (χ0v) is 11.5. The predicted molar refractivity (Wildman–Crippen MR) is 69.2 cm³/mol. The summed E-state index contributed by atoms with van der Waals surface area (Å²) in [6.45, 7) is 4.35. The fourth-order valence-corrected chi connectivity index (χ4v) is 3.93. The van der Waals surface area contributed by atoms with E-state index in [4.69, 9.17) is 0 Å². The molecule has 0 aromatic heterocycles. The molecule has 1 aromatic carbocycles. The minimum atomic E-state index is -3.44. The van der Waals surface area contributed by atoms with Crippen molar-refractivity contribution in [1.82, 2.24) is 4.31 Å². The summed E-state index contributed by atoms with van der Waals surface area (Å²) in [5, 5.41) is 0. The Kier molecular flexibility index (Phi) is 3.54. The third kappa shape index (κ3) is 2.33. The Hall–Kier alpha value is -1.20. The van der Waals surface area contributed by atoms with Crippen molar-refractivity contribution in [3.8, 4) is 0 Å². The van der Waals surface area contributed by atoms with Crippen LogP contribution in [-0.4, -0.2) is 31.6 Å². The minimum Gasteiger partial charge on any atom is -0.295 e. The third-order valence-electron chi connectivity index (χ3n) is 3.28. The second-order valence-electron chi connectivity index (χ2n) is 4.65. The zero-order chi connectivity index (χ0) is 13.3. The van der Waals surface area contributed by atoms with E-state index < -0.39 is 10.0 Å². The summed E-state index contributed by atoms with van der Waals surface area (Å²) in [4.78, 5) is 11.6. The number of carbonyl (C=O) groups excluding carboxylic acids is 1. The molecule has 0 N–H and O–H groups in total. The largest absolute Gasteiger partial charge is 0.295 e. The summed E-state index contributed by atoms with van der Waals surface area (Å²) in [6, 6.07) is 4.85. The van der Waals surface area contributed by atoms with Gasteiger partial charge in [0.25, 0.3) is 0 Å². The smallest absolute Gasteiger partial charge is 0.243 e. The van der Waals surface area contributed by atoms with Crippen LogP contribution in [0.1, 0.15) is 35.7 Å². The Morgan fingerprint density at radius 2 is 1.83 bits per heavy atom. The van der Waals surface area contributed by atoms with Crippen LogP contribution in [0.4, 0.5) is 0 Å². The molecule has 0 amide bonds. The summed E-state index contributed by atoms with van der Waals surface area (Å²) in [5.74, 6) is -0.118. The van der Waals surface area contributed by atoms with E-state index in [-0.39, 0.29) is 10.7 Å². The van der Waals surface area contributed by atoms with Crippen molar-refractivity contribution in [2.45, 2.75) is 31.6 Å². The summed E-state index contributed by atoms with van der Waals surface area (Å²) in [7, 11) is -3.44. The molecule has 0 unspecified atom stereocenters. The minimum absolute atomic E-state index is 0.118. The van der Waals surface area contributed by atoms with Gasteiger partial charge in [0.05, 0.1) is 4.90 Å². The molecule has 98 valence electrons. The molecule has 0 atom stereocenters. The summed E-state index contributed by atoms with van der Waals surface area (Å²) in [6.07, 6.45) is 1.81. The quantitative estimate of drug-likeness (QED) is 0.787. The molecule has 0 bridgehead atoms. The molecular formula is C13H17NO3S. The van der Waals surface area contributed by atoms with Crippen molar-refractivity contribution in [3.05, 3.63) is 29.3 Å². The average Bonchev–Trinajstić information content (AvgIpc) is 2.82. The van der Waals surface area contributed by atoms with Gasteiger partial charge in [-0.1, -0.05) is 12.1 Å². The van der Waals surface area contributed by atoms with Crippen molar-refractivity contribution in [2.24, 2.45) is 0 Å². The first-order valence-corrected chi connectivity index (χ1v) is 7.48. The van der Waals surface area contributed by atoms with Crippen LogP contribution in [0.3, 0.4) is 0 Å². The second-order valence-corrected chi connectivity index (χ2v) is 6.55. The SMILES string of the molecule is CC(=O)c1ccc(C)c(S(=O)(=O)N2CCCC2)c1. The van der Waals surface area contributed by atoms with Crippen LogP contribution in [0.2, 0.25) is 0 Å². The standard InChI is InChI=1S/C13H17NO3S/c1-10-5-6-12(11(2)15)9-13(10)18(16,17)14-7-3-4-8-14/h5-6,9H,3-4,7-8H2,1-2H3. The van der Waals surface area contributed by atoms with Crippen molar-refractivity contribution < 1.29 is 13.2 Å². The van der Waals surface area contributed by atoms with E-state index in [1.54, 1.807) is 19.1 Å². The van der Waals surface area contributed by atoms with E-state index in [9.17, 15) is 13.2 Å². The Morgan fingerprint density at radius 1 is 1.22 bits per heavy atom. The van der Waals surface area contributed by atoms with Crippen LogP contribution in [0.25, 0.3) is 0 Å². The maximum Gasteiger partial charge on any atom is 0.243 e. The molecule has 1 aliphatic heterocycles. The molecule has 1 heterocycles. The Labute approximate surface area is 108 Å². The topological polar surface area (TPSA) is 54.5 Å². The molecule has 1 saturated heterocycles. The number of sulfonamides is 1. The predicted octanol–water partition coefficient (Wildman–Crippen LogP) is 1.98. The summed E-state index contributed by atoms with van der Waals surface area (Å²) in [5.41, 5.74) is 1.13. The number of carbonyl (C=O) groups is 1. The lowest BCUT2D eigenvalue weighted by atomic mass is 10.1. The van der Waals surface area contributed by atoms with Crippen molar-refractivity contribution in [1.29, 1.82) is 0 Å². The van der Waals surface area contributed by atoms with Gasteiger partial charge < -0.3 is 0 Å². The number of nitrogens with zero attached hydrogens (tertiary/aromatic N) is 1. The lowest BCUT2D eigenvalue weighted by Gasteiger charge is -2.17. The van der Waals surface area contributed by atoms with Gasteiger partial charge in [0.2, 0.25) is 10.0 Å². The number of ketones is 1. The average molecular weight is 267 g/mol. The first-order chi connectivity index (χ1) is 8.43. The molecule has 1 aliphatic rings. The lowest BCUT2D eigenvalue weighted by Crippen LogP contribution is -2.28. The molecule has 5 heteroatoms. The van der Waals surface area contributed by atoms with Gasteiger partial charge in [0, 0.05) is 18.7 Å². The second kappa shape index (κ2) is 4.82. The lowest BCUT2D eigenvalue weighted by molar-refractivity contribution is 0.101. The van der Waals surface area contributed by atoms with Crippen LogP contribution in [0, 0.1) is 6.92 Å². The van der Waals surface area contributed by atoms with Gasteiger partial charge in [0.15, 0.2) is 5.78 Å². The molecule has 0 saturated carbocycles. The first kappa shape index (κ1) is 13.2. The first-order valence-electron chi connectivity index (χ1n) is 6.04. The Morgan fingerprint density at radius 3 is 2.39 bits per heavy atom. The summed E-state index contributed by atoms with van der Waals surface area (Å²) < 4.78 is 26.4. The highest BCUT2D eigenvalue weighted by atomic mass is 32.2. The van der Waals surface area contributed by atoms with Gasteiger partial charge in [0.1, 0.15) is 0 Å². The van der Waals surface area contributed by atoms with Crippen LogP contribution in [0.5, 0.6) is 0 Å². The van der Waals surface area contributed by atoms with Crippen molar-refractivity contribution >= 4 is 15.8 Å². The van der Waals surface area contributed by atoms with Gasteiger partial charge in [-0.3, -0.25) is 4.79 Å². The molecule has 0 aliphatic carbocycles. The third-order valence-corrected chi connectivity index (χ3v) is 5.32. The van der Waals surface area contributed by atoms with Gasteiger partial charge in [-0.25, -0.2) is 8.42 Å². The van der Waals surface area contributed by atoms with E-state index >= 15 is 0 Å². The number of hydrogen-bond donors (Lipinski definition) is 0. The highest BCUT2D eigenvalue weighted by Gasteiger charge is 2.28. The Balaban J connectivity index is 2.49. The number of hydrogen-bond acceptors (Lipinski definition) is 3. The van der Waals surface area contributed by atoms with Crippen molar-refractivity contribution in [3.63, 3.8) is 0 Å². The molecule has 2 rings (SSSR count). The van der Waals surface area contributed by atoms with Crippen LogP contribution in [-0.2, 0) is 10.0 Å². The highest BCUT2D eigenvalue weighted by molar-refractivity contribution is 7.89. The van der Waals surface area contributed by atoms with E-state index in [1.807, 2.05) is 0 Å². The molecule has 1 fully saturated rings. The van der Waals surface area contributed by atoms with Crippen LogP contribution in [0.15, 0.2) is 23.1 Å². The van der Waals surface area contributed by atoms with Crippen LogP contribution >= 0.6 is 0 Å². The van der Waals surface area contributed by atoms with E-state index in [1.165, 1.54) is 17.3 Å². The number of aryl methyl sites for hydroxylation is 1. The van der Waals surface area contributed by atoms with Crippen LogP contribution < -0.4 is 0 Å². The molecule has 0 radical (unpaired) electrons. The number of rotatable bonds is 3. The normalized spacial score (nSPS) is 17.0. The molecule has 18 heavy (non-hydrogen) atoms. The van der Waals surface area contributed by atoms with Gasteiger partial charge in [-0.2, -0.15) is 4.31 Å². The molecule has 4 nitrogen and oxygen atoms in total. The fraction of sp³-hybridized carbons (Fsp3) is 0.462. The van der Waals surface area contributed by atoms with E-state index in [0.29, 0.717) is 24.2 Å². The van der Waals surface area contributed by atoms with Crippen molar-refractivity contribution in [2.75, 3.05) is 13.1 Å². The molecule has 0 spiro atoms. The highest BCUT2D eigenvalue weighted by Crippen LogP contribution is 2.24. The monoisotopic (exact) mass is 267 g/mol. The molecular weight excluding hydrogens is 250 g/mol. The maximum absolute atomic E-state index is 12.4. The van der Waals surface area contributed by atoms with E-state index in [2.05, 4.69) is 0 Å². The van der Waals surface area contributed by atoms with Gasteiger partial charge in [-0.15, -0.1) is 0 Å².